The third kappa shape index (κ3) is 7.08. The third-order valence-electron chi connectivity index (χ3n) is 3.88. The van der Waals surface area contributed by atoms with E-state index in [9.17, 15) is 13.2 Å². The molecule has 0 bridgehead atoms. The predicted molar refractivity (Wildman–Crippen MR) is 88.6 cm³/mol. The van der Waals surface area contributed by atoms with E-state index in [0.717, 1.165) is 24.9 Å². The van der Waals surface area contributed by atoms with E-state index in [-0.39, 0.29) is 11.8 Å². The summed E-state index contributed by atoms with van der Waals surface area (Å²) >= 11 is 0. The van der Waals surface area contributed by atoms with E-state index in [4.69, 9.17) is 5.14 Å². The van der Waals surface area contributed by atoms with Crippen LogP contribution in [0.3, 0.4) is 0 Å². The molecule has 0 aromatic heterocycles. The van der Waals surface area contributed by atoms with E-state index in [1.54, 1.807) is 0 Å². The summed E-state index contributed by atoms with van der Waals surface area (Å²) in [6.07, 6.45) is 1.88. The minimum Gasteiger partial charge on any atom is -0.351 e. The van der Waals surface area contributed by atoms with Gasteiger partial charge in [0.1, 0.15) is 0 Å². The van der Waals surface area contributed by atoms with Gasteiger partial charge in [0.25, 0.3) is 10.2 Å². The van der Waals surface area contributed by atoms with Gasteiger partial charge in [-0.2, -0.15) is 8.42 Å². The molecule has 0 spiro atoms. The molecule has 2 rings (SSSR count). The number of carbonyl (C=O) groups excluding carboxylic acids is 1. The second-order valence-electron chi connectivity index (χ2n) is 5.90. The summed E-state index contributed by atoms with van der Waals surface area (Å²) in [5.74, 6) is 0.165. The minimum atomic E-state index is -3.65. The highest BCUT2D eigenvalue weighted by molar-refractivity contribution is 7.87. The third-order valence-corrected chi connectivity index (χ3v) is 4.45. The van der Waals surface area contributed by atoms with Crippen molar-refractivity contribution in [2.45, 2.75) is 19.4 Å². The largest absolute Gasteiger partial charge is 0.351 e. The molecular formula is C15H24N4O3S. The van der Waals surface area contributed by atoms with E-state index in [1.807, 2.05) is 30.3 Å². The van der Waals surface area contributed by atoms with Gasteiger partial charge in [-0.3, -0.25) is 9.69 Å². The first kappa shape index (κ1) is 17.9. The van der Waals surface area contributed by atoms with Gasteiger partial charge in [-0.1, -0.05) is 30.3 Å². The van der Waals surface area contributed by atoms with Gasteiger partial charge in [-0.15, -0.1) is 0 Å². The smallest absolute Gasteiger partial charge is 0.274 e. The van der Waals surface area contributed by atoms with Crippen molar-refractivity contribution in [3.63, 3.8) is 0 Å². The van der Waals surface area contributed by atoms with Gasteiger partial charge in [-0.05, 0) is 30.9 Å². The van der Waals surface area contributed by atoms with E-state index >= 15 is 0 Å². The first-order valence-corrected chi connectivity index (χ1v) is 9.27. The van der Waals surface area contributed by atoms with Crippen LogP contribution in [0.4, 0.5) is 0 Å². The number of likely N-dealkylation sites (tertiary alicyclic amines) is 1. The Morgan fingerprint density at radius 3 is 2.74 bits per heavy atom. The number of amides is 1. The van der Waals surface area contributed by atoms with Gasteiger partial charge in [0.05, 0.1) is 6.54 Å². The molecule has 1 amide bonds. The Morgan fingerprint density at radius 2 is 2.04 bits per heavy atom. The highest BCUT2D eigenvalue weighted by Crippen LogP contribution is 2.15. The second kappa shape index (κ2) is 8.39. The monoisotopic (exact) mass is 340 g/mol. The maximum Gasteiger partial charge on any atom is 0.274 e. The Labute approximate surface area is 137 Å². The van der Waals surface area contributed by atoms with Crippen LogP contribution >= 0.6 is 0 Å². The lowest BCUT2D eigenvalue weighted by Gasteiger charge is -2.32. The summed E-state index contributed by atoms with van der Waals surface area (Å²) in [7, 11) is -3.65. The number of nitrogens with two attached hydrogens (primary N) is 1. The molecule has 1 aliphatic rings. The molecule has 1 atom stereocenters. The molecule has 4 N–H and O–H groups in total. The highest BCUT2D eigenvalue weighted by Gasteiger charge is 2.22. The normalized spacial score (nSPS) is 19.4. The molecule has 1 aromatic rings. The van der Waals surface area contributed by atoms with Crippen LogP contribution in [0.2, 0.25) is 0 Å². The zero-order valence-corrected chi connectivity index (χ0v) is 13.9. The second-order valence-corrected chi connectivity index (χ2v) is 7.28. The SMILES string of the molecule is NS(=O)(=O)NC[C@@H]1CCCN(CC(=O)NCc2ccccc2)C1. The number of hydrogen-bond acceptors (Lipinski definition) is 4. The maximum atomic E-state index is 12.0. The molecule has 1 heterocycles. The van der Waals surface area contributed by atoms with Gasteiger partial charge in [0, 0.05) is 19.6 Å². The van der Waals surface area contributed by atoms with Crippen molar-refractivity contribution in [3.05, 3.63) is 35.9 Å². The number of nitrogens with zero attached hydrogens (tertiary/aromatic N) is 1. The van der Waals surface area contributed by atoms with Crippen LogP contribution in [-0.2, 0) is 21.5 Å². The molecule has 1 aliphatic heterocycles. The Hall–Kier alpha value is -1.48. The van der Waals surface area contributed by atoms with E-state index in [2.05, 4.69) is 14.9 Å². The molecule has 128 valence electrons. The van der Waals surface area contributed by atoms with Crippen molar-refractivity contribution < 1.29 is 13.2 Å². The number of hydrogen-bond donors (Lipinski definition) is 3. The van der Waals surface area contributed by atoms with Crippen LogP contribution in [0.1, 0.15) is 18.4 Å². The summed E-state index contributed by atoms with van der Waals surface area (Å²) in [6.45, 7) is 2.72. The molecule has 23 heavy (non-hydrogen) atoms. The minimum absolute atomic E-state index is 0.0195. The predicted octanol–water partition coefficient (Wildman–Crippen LogP) is -0.192. The molecule has 7 nitrogen and oxygen atoms in total. The van der Waals surface area contributed by atoms with E-state index < -0.39 is 10.2 Å². The topological polar surface area (TPSA) is 105 Å². The lowest BCUT2D eigenvalue weighted by molar-refractivity contribution is -0.122. The maximum absolute atomic E-state index is 12.0. The quantitative estimate of drug-likeness (QED) is 0.640. The van der Waals surface area contributed by atoms with Gasteiger partial charge in [0.2, 0.25) is 5.91 Å². The number of rotatable bonds is 7. The van der Waals surface area contributed by atoms with Gasteiger partial charge in [-0.25, -0.2) is 9.86 Å². The average molecular weight is 340 g/mol. The van der Waals surface area contributed by atoms with Crippen LogP contribution in [-0.4, -0.2) is 45.4 Å². The lowest BCUT2D eigenvalue weighted by Crippen LogP contribution is -2.45. The number of piperidine rings is 1. The summed E-state index contributed by atoms with van der Waals surface area (Å²) in [5, 5.41) is 7.85. The van der Waals surface area contributed by atoms with E-state index in [0.29, 0.717) is 26.2 Å². The fraction of sp³-hybridized carbons (Fsp3) is 0.533. The van der Waals surface area contributed by atoms with Crippen molar-refractivity contribution in [1.82, 2.24) is 14.9 Å². The van der Waals surface area contributed by atoms with Crippen molar-refractivity contribution in [1.29, 1.82) is 0 Å². The zero-order valence-electron chi connectivity index (χ0n) is 13.1. The lowest BCUT2D eigenvalue weighted by atomic mass is 9.98. The summed E-state index contributed by atoms with van der Waals surface area (Å²) < 4.78 is 24.2. The zero-order chi connectivity index (χ0) is 16.7. The summed E-state index contributed by atoms with van der Waals surface area (Å²) in [6, 6.07) is 9.76. The Balaban J connectivity index is 1.72. The number of benzene rings is 1. The summed E-state index contributed by atoms with van der Waals surface area (Å²) in [5.41, 5.74) is 1.06. The molecule has 1 aromatic carbocycles. The van der Waals surface area contributed by atoms with Crippen LogP contribution in [0, 0.1) is 5.92 Å². The first-order valence-electron chi connectivity index (χ1n) is 7.73. The van der Waals surface area contributed by atoms with E-state index in [1.165, 1.54) is 0 Å². The van der Waals surface area contributed by atoms with Crippen molar-refractivity contribution >= 4 is 16.1 Å². The first-order chi connectivity index (χ1) is 10.9. The molecule has 0 aliphatic carbocycles. The van der Waals surface area contributed by atoms with Gasteiger partial charge < -0.3 is 5.32 Å². The fourth-order valence-electron chi connectivity index (χ4n) is 2.75. The molecule has 0 unspecified atom stereocenters. The average Bonchev–Trinajstić information content (AvgIpc) is 2.52. The molecule has 0 saturated carbocycles. The highest BCUT2D eigenvalue weighted by atomic mass is 32.2. The van der Waals surface area contributed by atoms with Gasteiger partial charge >= 0.3 is 0 Å². The Bertz CT molecular complexity index is 606. The molecule has 1 fully saturated rings. The number of nitrogens with one attached hydrogen (secondary N) is 2. The Morgan fingerprint density at radius 1 is 1.30 bits per heavy atom. The van der Waals surface area contributed by atoms with Crippen molar-refractivity contribution in [2.24, 2.45) is 11.1 Å². The standard InChI is InChI=1S/C15H24N4O3S/c16-23(21,22)18-10-14-7-4-8-19(11-14)12-15(20)17-9-13-5-2-1-3-6-13/h1-3,5-6,14,18H,4,7-12H2,(H,17,20)(H2,16,21,22)/t14-/m0/s1. The molecular weight excluding hydrogens is 316 g/mol. The summed E-state index contributed by atoms with van der Waals surface area (Å²) in [4.78, 5) is 14.1. The molecule has 8 heteroatoms. The van der Waals surface area contributed by atoms with Gasteiger partial charge in [0.15, 0.2) is 0 Å². The van der Waals surface area contributed by atoms with Crippen molar-refractivity contribution in [2.75, 3.05) is 26.2 Å². The Kier molecular flexibility index (Phi) is 6.52. The fourth-order valence-corrected chi connectivity index (χ4v) is 3.22. The van der Waals surface area contributed by atoms with Crippen LogP contribution in [0.5, 0.6) is 0 Å². The van der Waals surface area contributed by atoms with Crippen LogP contribution in [0.15, 0.2) is 30.3 Å². The van der Waals surface area contributed by atoms with Crippen molar-refractivity contribution in [3.8, 4) is 0 Å². The van der Waals surface area contributed by atoms with Crippen LogP contribution in [0.25, 0.3) is 0 Å². The van der Waals surface area contributed by atoms with Crippen LogP contribution < -0.4 is 15.2 Å². The molecule has 1 saturated heterocycles. The number of carbonyl (C=O) groups is 1. The molecule has 0 radical (unpaired) electrons.